The summed E-state index contributed by atoms with van der Waals surface area (Å²) >= 11 is 0. The third kappa shape index (κ3) is 4.02. The van der Waals surface area contributed by atoms with Crippen molar-refractivity contribution < 1.29 is 47.9 Å². The van der Waals surface area contributed by atoms with Crippen molar-refractivity contribution in [2.24, 2.45) is 7.05 Å². The molecule has 0 saturated heterocycles. The van der Waals surface area contributed by atoms with Crippen LogP contribution in [0.2, 0.25) is 0 Å². The second-order valence-corrected chi connectivity index (χ2v) is 9.11. The fourth-order valence-corrected chi connectivity index (χ4v) is 4.10. The van der Waals surface area contributed by atoms with Crippen LogP contribution in [0.25, 0.3) is 22.4 Å². The van der Waals surface area contributed by atoms with Crippen LogP contribution in [0.15, 0.2) is 29.4 Å². The molecule has 15 heteroatoms. The number of pyridine rings is 2. The lowest BCUT2D eigenvalue weighted by molar-refractivity contribution is -0.289. The average molecular weight is 505 g/mol. The molecule has 0 aliphatic heterocycles. The van der Waals surface area contributed by atoms with E-state index in [1.54, 1.807) is 0 Å². The number of fused-ring (bicyclic) bond motifs is 1. The van der Waals surface area contributed by atoms with Crippen molar-refractivity contribution in [1.29, 1.82) is 0 Å². The summed E-state index contributed by atoms with van der Waals surface area (Å²) in [5.74, 6) is -7.55. The lowest BCUT2D eigenvalue weighted by atomic mass is 10.1. The SMILES string of the molecule is CCS(=O)(=O)c1cc(C(F)(F)F)cnc1-c1c(F)c2cc(C(F)(F)C(F)(F)F)cnc2n1C. The van der Waals surface area contributed by atoms with Crippen molar-refractivity contribution in [1.82, 2.24) is 14.5 Å². The maximum Gasteiger partial charge on any atom is 0.458 e. The van der Waals surface area contributed by atoms with Crippen LogP contribution in [0.3, 0.4) is 0 Å². The molecule has 0 aromatic carbocycles. The molecular weight excluding hydrogens is 493 g/mol. The second kappa shape index (κ2) is 7.60. The van der Waals surface area contributed by atoms with E-state index < -0.39 is 78.1 Å². The summed E-state index contributed by atoms with van der Waals surface area (Å²) in [6, 6.07) is 0.432. The van der Waals surface area contributed by atoms with E-state index in [0.29, 0.717) is 0 Å². The molecule has 0 spiro atoms. The van der Waals surface area contributed by atoms with Gasteiger partial charge in [0.2, 0.25) is 0 Å². The molecule has 3 aromatic heterocycles. The molecule has 0 radical (unpaired) electrons. The van der Waals surface area contributed by atoms with E-state index in [-0.39, 0.29) is 24.5 Å². The minimum atomic E-state index is -6.01. The second-order valence-electron chi connectivity index (χ2n) is 6.86. The van der Waals surface area contributed by atoms with Crippen molar-refractivity contribution in [2.45, 2.75) is 30.1 Å². The summed E-state index contributed by atoms with van der Waals surface area (Å²) in [6.07, 6.45) is -10.6. The first-order chi connectivity index (χ1) is 14.9. The lowest BCUT2D eigenvalue weighted by Crippen LogP contribution is -2.33. The largest absolute Gasteiger partial charge is 0.458 e. The molecule has 0 bridgehead atoms. The highest BCUT2D eigenvalue weighted by Crippen LogP contribution is 2.45. The molecular formula is C18H12F9N3O2S. The Morgan fingerprint density at radius 3 is 2.03 bits per heavy atom. The summed E-state index contributed by atoms with van der Waals surface area (Å²) in [7, 11) is -3.35. The third-order valence-electron chi connectivity index (χ3n) is 4.80. The fourth-order valence-electron chi connectivity index (χ4n) is 3.04. The Balaban J connectivity index is 2.35. The summed E-state index contributed by atoms with van der Waals surface area (Å²) in [5.41, 5.74) is -5.13. The van der Waals surface area contributed by atoms with Crippen LogP contribution >= 0.6 is 0 Å². The van der Waals surface area contributed by atoms with Crippen LogP contribution in [0.1, 0.15) is 18.1 Å². The first-order valence-corrected chi connectivity index (χ1v) is 10.5. The van der Waals surface area contributed by atoms with Gasteiger partial charge < -0.3 is 4.57 Å². The van der Waals surface area contributed by atoms with E-state index in [4.69, 9.17) is 0 Å². The highest BCUT2D eigenvalue weighted by molar-refractivity contribution is 7.91. The molecule has 0 saturated carbocycles. The van der Waals surface area contributed by atoms with Crippen LogP contribution in [0.4, 0.5) is 39.5 Å². The van der Waals surface area contributed by atoms with Gasteiger partial charge in [-0.3, -0.25) is 4.98 Å². The van der Waals surface area contributed by atoms with Crippen molar-refractivity contribution in [2.75, 3.05) is 5.75 Å². The van der Waals surface area contributed by atoms with Gasteiger partial charge in [-0.1, -0.05) is 6.92 Å². The van der Waals surface area contributed by atoms with E-state index in [0.717, 1.165) is 18.5 Å². The zero-order valence-electron chi connectivity index (χ0n) is 16.5. The number of sulfone groups is 1. The standard InChI is InChI=1S/C18H12F9N3O2S/c1-3-33(31,32)11-5-9(17(22,23)24)7-28-13(11)14-12(19)10-4-8(6-29-15(10)30(14)2)16(20,21)18(25,26)27/h4-7H,3H2,1-2H3. The molecule has 0 N–H and O–H groups in total. The van der Waals surface area contributed by atoms with Crippen molar-refractivity contribution in [3.8, 4) is 11.4 Å². The van der Waals surface area contributed by atoms with Gasteiger partial charge >= 0.3 is 18.3 Å². The summed E-state index contributed by atoms with van der Waals surface area (Å²) in [6.45, 7) is 1.12. The maximum atomic E-state index is 15.2. The zero-order chi connectivity index (χ0) is 25.1. The number of alkyl halides is 8. The van der Waals surface area contributed by atoms with Crippen LogP contribution < -0.4 is 0 Å². The molecule has 3 aromatic rings. The van der Waals surface area contributed by atoms with Gasteiger partial charge in [-0.25, -0.2) is 17.8 Å². The van der Waals surface area contributed by atoms with E-state index in [2.05, 4.69) is 9.97 Å². The Kier molecular flexibility index (Phi) is 5.71. The quantitative estimate of drug-likeness (QED) is 0.455. The van der Waals surface area contributed by atoms with Gasteiger partial charge in [0.1, 0.15) is 17.0 Å². The van der Waals surface area contributed by atoms with Gasteiger partial charge in [0.15, 0.2) is 15.7 Å². The number of nitrogens with zero attached hydrogens (tertiary/aromatic N) is 3. The van der Waals surface area contributed by atoms with Crippen LogP contribution in [-0.2, 0) is 29.0 Å². The maximum absolute atomic E-state index is 15.2. The van der Waals surface area contributed by atoms with Gasteiger partial charge in [-0.05, 0) is 12.1 Å². The first-order valence-electron chi connectivity index (χ1n) is 8.82. The monoisotopic (exact) mass is 505 g/mol. The predicted octanol–water partition coefficient (Wildman–Crippen LogP) is 5.24. The average Bonchev–Trinajstić information content (AvgIpc) is 2.95. The third-order valence-corrected chi connectivity index (χ3v) is 6.54. The Morgan fingerprint density at radius 1 is 0.939 bits per heavy atom. The van der Waals surface area contributed by atoms with Crippen molar-refractivity contribution in [3.05, 3.63) is 41.5 Å². The Morgan fingerprint density at radius 2 is 1.52 bits per heavy atom. The highest BCUT2D eigenvalue weighted by Gasteiger charge is 2.59. The lowest BCUT2D eigenvalue weighted by Gasteiger charge is -2.19. The van der Waals surface area contributed by atoms with Crippen LogP contribution in [0.5, 0.6) is 0 Å². The van der Waals surface area contributed by atoms with Crippen LogP contribution in [0, 0.1) is 5.82 Å². The summed E-state index contributed by atoms with van der Waals surface area (Å²) < 4.78 is 146. The number of aromatic nitrogens is 3. The van der Waals surface area contributed by atoms with E-state index in [1.165, 1.54) is 0 Å². The molecule has 0 aliphatic carbocycles. The van der Waals surface area contributed by atoms with Crippen LogP contribution in [-0.4, -0.2) is 34.9 Å². The molecule has 33 heavy (non-hydrogen) atoms. The molecule has 0 fully saturated rings. The summed E-state index contributed by atoms with van der Waals surface area (Å²) in [5, 5.41) is -0.838. The molecule has 0 unspecified atom stereocenters. The molecule has 3 rings (SSSR count). The normalized spacial score (nSPS) is 13.7. The van der Waals surface area contributed by atoms with Gasteiger partial charge in [0.25, 0.3) is 0 Å². The van der Waals surface area contributed by atoms with Crippen molar-refractivity contribution in [3.63, 3.8) is 0 Å². The first kappa shape index (κ1) is 24.8. The molecule has 5 nitrogen and oxygen atoms in total. The number of halogens is 9. The minimum absolute atomic E-state index is 0.170. The molecule has 0 atom stereocenters. The Labute approximate surface area is 179 Å². The Bertz CT molecular complexity index is 1340. The fraction of sp³-hybridized carbons (Fsp3) is 0.333. The summed E-state index contributed by atoms with van der Waals surface area (Å²) in [4.78, 5) is 5.87. The topological polar surface area (TPSA) is 64.8 Å². The van der Waals surface area contributed by atoms with E-state index in [9.17, 15) is 43.5 Å². The number of hydrogen-bond acceptors (Lipinski definition) is 4. The van der Waals surface area contributed by atoms with Gasteiger partial charge in [-0.2, -0.15) is 35.1 Å². The van der Waals surface area contributed by atoms with E-state index >= 15 is 4.39 Å². The Hall–Kier alpha value is -2.84. The number of aryl methyl sites for hydroxylation is 1. The predicted molar refractivity (Wildman–Crippen MR) is 96.6 cm³/mol. The van der Waals surface area contributed by atoms with Crippen molar-refractivity contribution >= 4 is 20.9 Å². The molecule has 180 valence electrons. The zero-order valence-corrected chi connectivity index (χ0v) is 17.3. The van der Waals surface area contributed by atoms with E-state index in [1.807, 2.05) is 0 Å². The minimum Gasteiger partial charge on any atom is -0.325 e. The smallest absolute Gasteiger partial charge is 0.325 e. The molecule has 3 heterocycles. The van der Waals surface area contributed by atoms with Gasteiger partial charge in [0.05, 0.1) is 21.6 Å². The number of hydrogen-bond donors (Lipinski definition) is 0. The van der Waals surface area contributed by atoms with Gasteiger partial charge in [0, 0.05) is 25.0 Å². The highest BCUT2D eigenvalue weighted by atomic mass is 32.2. The molecule has 0 aliphatic rings. The van der Waals surface area contributed by atoms with Gasteiger partial charge in [-0.15, -0.1) is 0 Å². The number of rotatable bonds is 4. The molecule has 0 amide bonds.